The normalized spacial score (nSPS) is 19.3. The number of piperazine rings is 1. The minimum Gasteiger partial charge on any atom is -0.352 e. The molecule has 0 aromatic carbocycles. The number of rotatable bonds is 8. The lowest BCUT2D eigenvalue weighted by Gasteiger charge is -2.34. The lowest BCUT2D eigenvalue weighted by molar-refractivity contribution is -0.122. The van der Waals surface area contributed by atoms with Gasteiger partial charge in [0.05, 0.1) is 12.2 Å². The largest absolute Gasteiger partial charge is 0.352 e. The van der Waals surface area contributed by atoms with Crippen molar-refractivity contribution in [1.29, 1.82) is 0 Å². The van der Waals surface area contributed by atoms with Gasteiger partial charge in [-0.25, -0.2) is 0 Å². The van der Waals surface area contributed by atoms with Gasteiger partial charge < -0.3 is 5.32 Å². The fraction of sp³-hybridized carbons (Fsp3) is 0.778. The Balaban J connectivity index is 1.47. The van der Waals surface area contributed by atoms with Gasteiger partial charge in [0.2, 0.25) is 5.91 Å². The number of carbonyl (C=O) groups is 1. The van der Waals surface area contributed by atoms with Crippen LogP contribution < -0.4 is 5.32 Å². The molecule has 0 radical (unpaired) electrons. The molecule has 0 atom stereocenters. The Kier molecular flexibility index (Phi) is 6.36. The maximum atomic E-state index is 11.9. The van der Waals surface area contributed by atoms with Gasteiger partial charge in [-0.3, -0.25) is 19.3 Å². The summed E-state index contributed by atoms with van der Waals surface area (Å²) >= 11 is 6.55. The molecule has 0 unspecified atom stereocenters. The molecule has 1 saturated heterocycles. The van der Waals surface area contributed by atoms with Gasteiger partial charge in [0.25, 0.3) is 0 Å². The van der Waals surface area contributed by atoms with Gasteiger partial charge in [-0.15, -0.1) is 0 Å². The molecule has 6 nitrogen and oxygen atoms in total. The molecule has 0 spiro atoms. The number of carbonyl (C=O) groups excluding carboxylic acids is 1. The highest BCUT2D eigenvalue weighted by Gasteiger charge is 2.26. The monoisotopic (exact) mass is 367 g/mol. The molecule has 1 aromatic heterocycles. The Labute approximate surface area is 155 Å². The van der Waals surface area contributed by atoms with E-state index in [1.165, 1.54) is 0 Å². The number of nitrogens with zero attached hydrogens (tertiary/aromatic N) is 4. The summed E-state index contributed by atoms with van der Waals surface area (Å²) in [5.41, 5.74) is 2.19. The number of aryl methyl sites for hydroxylation is 2. The summed E-state index contributed by atoms with van der Waals surface area (Å²) in [5.74, 6) is 0.173. The molecule has 140 valence electrons. The topological polar surface area (TPSA) is 53.4 Å². The number of hydrogen-bond donors (Lipinski definition) is 1. The molecule has 1 aliphatic carbocycles. The average Bonchev–Trinajstić information content (AvgIpc) is 3.36. The lowest BCUT2D eigenvalue weighted by atomic mass is 10.2. The van der Waals surface area contributed by atoms with Crippen molar-refractivity contribution in [3.05, 3.63) is 16.4 Å². The van der Waals surface area contributed by atoms with Crippen LogP contribution >= 0.6 is 11.6 Å². The fourth-order valence-corrected chi connectivity index (χ4v) is 3.58. The van der Waals surface area contributed by atoms with Crippen LogP contribution in [0.4, 0.5) is 0 Å². The van der Waals surface area contributed by atoms with Crippen LogP contribution in [-0.2, 0) is 17.9 Å². The molecule has 0 bridgehead atoms. The third-order valence-corrected chi connectivity index (χ3v) is 5.49. The van der Waals surface area contributed by atoms with E-state index in [1.807, 2.05) is 11.6 Å². The second kappa shape index (κ2) is 8.52. The van der Waals surface area contributed by atoms with Crippen molar-refractivity contribution in [2.24, 2.45) is 0 Å². The molecule has 7 heteroatoms. The van der Waals surface area contributed by atoms with E-state index in [2.05, 4.69) is 27.1 Å². The van der Waals surface area contributed by atoms with E-state index in [0.717, 1.165) is 81.4 Å². The highest BCUT2D eigenvalue weighted by atomic mass is 35.5. The van der Waals surface area contributed by atoms with Crippen LogP contribution in [0.15, 0.2) is 0 Å². The zero-order chi connectivity index (χ0) is 17.8. The highest BCUT2D eigenvalue weighted by molar-refractivity contribution is 6.30. The van der Waals surface area contributed by atoms with Crippen LogP contribution in [0.25, 0.3) is 0 Å². The van der Waals surface area contributed by atoms with Crippen molar-refractivity contribution < 1.29 is 4.79 Å². The summed E-state index contributed by atoms with van der Waals surface area (Å²) < 4.78 is 1.94. The summed E-state index contributed by atoms with van der Waals surface area (Å²) in [6.07, 6.45) is 4.53. The van der Waals surface area contributed by atoms with Crippen molar-refractivity contribution in [2.45, 2.75) is 58.7 Å². The first-order valence-corrected chi connectivity index (χ1v) is 9.90. The second-order valence-corrected chi connectivity index (χ2v) is 7.68. The third-order valence-electron chi connectivity index (χ3n) is 5.06. The van der Waals surface area contributed by atoms with E-state index in [4.69, 9.17) is 11.6 Å². The molecule has 2 aliphatic rings. The number of unbranched alkanes of at least 4 members (excludes halogenated alkanes) is 1. The Morgan fingerprint density at radius 2 is 1.92 bits per heavy atom. The van der Waals surface area contributed by atoms with Crippen molar-refractivity contribution >= 4 is 17.5 Å². The van der Waals surface area contributed by atoms with E-state index in [0.29, 0.717) is 12.6 Å². The predicted molar refractivity (Wildman–Crippen MR) is 99.8 cm³/mol. The molecule has 1 aromatic rings. The van der Waals surface area contributed by atoms with Crippen LogP contribution in [-0.4, -0.2) is 64.3 Å². The van der Waals surface area contributed by atoms with Crippen molar-refractivity contribution in [3.63, 3.8) is 0 Å². The van der Waals surface area contributed by atoms with Crippen LogP contribution in [0.1, 0.15) is 43.9 Å². The zero-order valence-electron chi connectivity index (χ0n) is 15.4. The Morgan fingerprint density at radius 1 is 1.24 bits per heavy atom. The molecule has 1 N–H and O–H groups in total. The minimum absolute atomic E-state index is 0.173. The maximum absolute atomic E-state index is 11.9. The first kappa shape index (κ1) is 18.7. The van der Waals surface area contributed by atoms with Crippen LogP contribution in [0, 0.1) is 6.92 Å². The quantitative estimate of drug-likeness (QED) is 0.764. The third kappa shape index (κ3) is 5.19. The summed E-state index contributed by atoms with van der Waals surface area (Å²) in [4.78, 5) is 16.6. The number of nitrogens with one attached hydrogen (secondary N) is 1. The maximum Gasteiger partial charge on any atom is 0.234 e. The SMILES string of the molecule is CCCCn1nc(C)c(CN2CCN(CC(=O)NC3CC3)CC2)c1Cl. The molecule has 1 aliphatic heterocycles. The standard InChI is InChI=1S/C18H30ClN5O/c1-3-4-7-24-18(19)16(14(2)21-24)12-22-8-10-23(11-9-22)13-17(25)20-15-5-6-15/h15H,3-13H2,1-2H3,(H,20,25). The van der Waals surface area contributed by atoms with E-state index >= 15 is 0 Å². The van der Waals surface area contributed by atoms with Gasteiger partial charge >= 0.3 is 0 Å². The first-order valence-electron chi connectivity index (χ1n) is 9.52. The zero-order valence-corrected chi connectivity index (χ0v) is 16.2. The summed E-state index contributed by atoms with van der Waals surface area (Å²) in [6, 6.07) is 0.447. The molecule has 1 saturated carbocycles. The lowest BCUT2D eigenvalue weighted by Crippen LogP contribution is -2.49. The summed E-state index contributed by atoms with van der Waals surface area (Å²) in [7, 11) is 0. The van der Waals surface area contributed by atoms with Gasteiger partial charge in [0.15, 0.2) is 0 Å². The van der Waals surface area contributed by atoms with Gasteiger partial charge in [0.1, 0.15) is 5.15 Å². The molecule has 25 heavy (non-hydrogen) atoms. The van der Waals surface area contributed by atoms with Crippen LogP contribution in [0.3, 0.4) is 0 Å². The summed E-state index contributed by atoms with van der Waals surface area (Å²) in [5, 5.41) is 8.45. The number of halogens is 1. The van der Waals surface area contributed by atoms with Crippen molar-refractivity contribution in [1.82, 2.24) is 24.9 Å². The molecular weight excluding hydrogens is 338 g/mol. The van der Waals surface area contributed by atoms with Gasteiger partial charge in [0, 0.05) is 50.9 Å². The minimum atomic E-state index is 0.173. The number of amides is 1. The van der Waals surface area contributed by atoms with E-state index in [-0.39, 0.29) is 5.91 Å². The average molecular weight is 368 g/mol. The molecule has 3 rings (SSSR count). The second-order valence-electron chi connectivity index (χ2n) is 7.33. The fourth-order valence-electron chi connectivity index (χ4n) is 3.26. The molecular formula is C18H30ClN5O. The van der Waals surface area contributed by atoms with Crippen molar-refractivity contribution in [3.8, 4) is 0 Å². The van der Waals surface area contributed by atoms with E-state index in [1.54, 1.807) is 0 Å². The number of hydrogen-bond acceptors (Lipinski definition) is 4. The molecule has 2 fully saturated rings. The van der Waals surface area contributed by atoms with Crippen molar-refractivity contribution in [2.75, 3.05) is 32.7 Å². The Hall–Kier alpha value is -1.11. The van der Waals surface area contributed by atoms with Gasteiger partial charge in [-0.2, -0.15) is 5.10 Å². The predicted octanol–water partition coefficient (Wildman–Crippen LogP) is 2.04. The Bertz CT molecular complexity index is 591. The first-order chi connectivity index (χ1) is 12.1. The smallest absolute Gasteiger partial charge is 0.234 e. The Morgan fingerprint density at radius 3 is 2.56 bits per heavy atom. The van der Waals surface area contributed by atoms with Crippen LogP contribution in [0.5, 0.6) is 0 Å². The van der Waals surface area contributed by atoms with E-state index in [9.17, 15) is 4.79 Å². The molecule has 2 heterocycles. The van der Waals surface area contributed by atoms with Gasteiger partial charge in [-0.05, 0) is 26.2 Å². The highest BCUT2D eigenvalue weighted by Crippen LogP contribution is 2.23. The van der Waals surface area contributed by atoms with Gasteiger partial charge in [-0.1, -0.05) is 24.9 Å². The van der Waals surface area contributed by atoms with E-state index < -0.39 is 0 Å². The summed E-state index contributed by atoms with van der Waals surface area (Å²) in [6.45, 7) is 10.3. The molecule has 1 amide bonds. The van der Waals surface area contributed by atoms with Crippen LogP contribution in [0.2, 0.25) is 5.15 Å². The number of aromatic nitrogens is 2.